The van der Waals surface area contributed by atoms with Gasteiger partial charge in [-0.25, -0.2) is 4.98 Å². The highest BCUT2D eigenvalue weighted by atomic mass is 16.5. The summed E-state index contributed by atoms with van der Waals surface area (Å²) in [5.74, 6) is 0.592. The van der Waals surface area contributed by atoms with Gasteiger partial charge in [0, 0.05) is 25.8 Å². The van der Waals surface area contributed by atoms with E-state index in [9.17, 15) is 4.79 Å². The molecule has 1 aromatic carbocycles. The molecular formula is C21H26N4O3. The average Bonchev–Trinajstić information content (AvgIpc) is 3.07. The van der Waals surface area contributed by atoms with Gasteiger partial charge in [0.1, 0.15) is 5.75 Å². The number of pyridine rings is 1. The van der Waals surface area contributed by atoms with E-state index in [0.29, 0.717) is 30.1 Å². The predicted molar refractivity (Wildman–Crippen MR) is 109 cm³/mol. The van der Waals surface area contributed by atoms with Crippen molar-refractivity contribution in [1.29, 1.82) is 0 Å². The molecule has 3 aromatic rings. The maximum absolute atomic E-state index is 12.8. The zero-order valence-electron chi connectivity index (χ0n) is 16.7. The van der Waals surface area contributed by atoms with Gasteiger partial charge in [-0.3, -0.25) is 9.48 Å². The molecule has 7 nitrogen and oxygen atoms in total. The van der Waals surface area contributed by atoms with Gasteiger partial charge in [-0.15, -0.1) is 0 Å². The summed E-state index contributed by atoms with van der Waals surface area (Å²) in [6.45, 7) is 5.15. The molecule has 0 unspecified atom stereocenters. The monoisotopic (exact) mass is 382 g/mol. The lowest BCUT2D eigenvalue weighted by Gasteiger charge is -2.10. The lowest BCUT2D eigenvalue weighted by molar-refractivity contribution is 0.0757. The van der Waals surface area contributed by atoms with Gasteiger partial charge in [0.25, 0.3) is 5.91 Å². The third-order valence-corrected chi connectivity index (χ3v) is 4.37. The fourth-order valence-electron chi connectivity index (χ4n) is 2.92. The Morgan fingerprint density at radius 2 is 2.11 bits per heavy atom. The molecule has 0 fully saturated rings. The molecule has 0 radical (unpaired) electrons. The normalized spacial score (nSPS) is 11.2. The molecule has 0 aliphatic heterocycles. The zero-order valence-corrected chi connectivity index (χ0v) is 16.7. The predicted octanol–water partition coefficient (Wildman–Crippen LogP) is 3.19. The molecule has 7 heteroatoms. The van der Waals surface area contributed by atoms with E-state index < -0.39 is 0 Å². The molecule has 0 saturated heterocycles. The summed E-state index contributed by atoms with van der Waals surface area (Å²) in [7, 11) is 3.44. The molecule has 0 atom stereocenters. The number of aromatic nitrogens is 3. The number of aryl methyl sites for hydroxylation is 1. The number of nitrogens with one attached hydrogen (secondary N) is 1. The first-order chi connectivity index (χ1) is 13.5. The number of hydrogen-bond acceptors (Lipinski definition) is 5. The fraction of sp³-hybridized carbons (Fsp3) is 0.381. The van der Waals surface area contributed by atoms with E-state index in [4.69, 9.17) is 14.5 Å². The molecule has 0 bridgehead atoms. The Balaban J connectivity index is 1.87. The van der Waals surface area contributed by atoms with Crippen molar-refractivity contribution >= 4 is 16.9 Å². The van der Waals surface area contributed by atoms with Crippen LogP contribution in [0.5, 0.6) is 5.75 Å². The van der Waals surface area contributed by atoms with E-state index in [-0.39, 0.29) is 12.0 Å². The molecule has 1 amide bonds. The molecule has 28 heavy (non-hydrogen) atoms. The average molecular weight is 382 g/mol. The number of methoxy groups -OCH3 is 1. The van der Waals surface area contributed by atoms with Crippen LogP contribution < -0.4 is 10.1 Å². The van der Waals surface area contributed by atoms with Gasteiger partial charge >= 0.3 is 0 Å². The minimum atomic E-state index is -0.144. The van der Waals surface area contributed by atoms with Crippen molar-refractivity contribution in [2.45, 2.75) is 26.4 Å². The number of carbonyl (C=O) groups excluding carboxylic acids is 1. The van der Waals surface area contributed by atoms with Crippen molar-refractivity contribution in [3.05, 3.63) is 42.1 Å². The number of rotatable bonds is 8. The van der Waals surface area contributed by atoms with Crippen LogP contribution in [0.2, 0.25) is 0 Å². The Kier molecular flexibility index (Phi) is 6.26. The van der Waals surface area contributed by atoms with Crippen LogP contribution in [0, 0.1) is 0 Å². The Bertz CT molecular complexity index is 965. The van der Waals surface area contributed by atoms with Crippen LogP contribution in [0.1, 0.15) is 30.6 Å². The molecule has 3 rings (SSSR count). The van der Waals surface area contributed by atoms with Crippen LogP contribution in [0.3, 0.4) is 0 Å². The smallest absolute Gasteiger partial charge is 0.252 e. The molecule has 0 aliphatic carbocycles. The highest BCUT2D eigenvalue weighted by Gasteiger charge is 2.16. The maximum Gasteiger partial charge on any atom is 0.252 e. The fourth-order valence-corrected chi connectivity index (χ4v) is 2.92. The minimum Gasteiger partial charge on any atom is -0.497 e. The lowest BCUT2D eigenvalue weighted by Crippen LogP contribution is -2.26. The summed E-state index contributed by atoms with van der Waals surface area (Å²) < 4.78 is 12.5. The summed E-state index contributed by atoms with van der Waals surface area (Å²) >= 11 is 0. The molecule has 0 spiro atoms. The summed E-state index contributed by atoms with van der Waals surface area (Å²) in [6.07, 6.45) is 2.62. The summed E-state index contributed by atoms with van der Waals surface area (Å²) in [4.78, 5) is 17.5. The van der Waals surface area contributed by atoms with Gasteiger partial charge in [-0.2, -0.15) is 5.10 Å². The number of nitrogens with zero attached hydrogens (tertiary/aromatic N) is 3. The van der Waals surface area contributed by atoms with Crippen LogP contribution in [-0.2, 0) is 11.8 Å². The largest absolute Gasteiger partial charge is 0.497 e. The van der Waals surface area contributed by atoms with Crippen molar-refractivity contribution in [3.63, 3.8) is 0 Å². The number of benzene rings is 1. The Morgan fingerprint density at radius 1 is 1.29 bits per heavy atom. The van der Waals surface area contributed by atoms with Crippen LogP contribution in [0.4, 0.5) is 0 Å². The number of amides is 1. The van der Waals surface area contributed by atoms with Gasteiger partial charge in [0.05, 0.1) is 36.1 Å². The van der Waals surface area contributed by atoms with Crippen LogP contribution in [-0.4, -0.2) is 47.0 Å². The van der Waals surface area contributed by atoms with E-state index in [1.165, 1.54) is 0 Å². The second-order valence-electron chi connectivity index (χ2n) is 6.82. The van der Waals surface area contributed by atoms with Crippen molar-refractivity contribution in [3.8, 4) is 17.0 Å². The SMILES string of the molecule is COc1cccc(-c2cc(C(=O)NCCCOC(C)C)c3cnn(C)c3n2)c1. The van der Waals surface area contributed by atoms with Gasteiger partial charge in [-0.05, 0) is 38.5 Å². The second-order valence-corrected chi connectivity index (χ2v) is 6.82. The minimum absolute atomic E-state index is 0.144. The third kappa shape index (κ3) is 4.48. The highest BCUT2D eigenvalue weighted by molar-refractivity contribution is 6.06. The first kappa shape index (κ1) is 19.8. The molecule has 1 N–H and O–H groups in total. The summed E-state index contributed by atoms with van der Waals surface area (Å²) in [5, 5.41) is 7.96. The number of fused-ring (bicyclic) bond motifs is 1. The Labute approximate surface area is 164 Å². The van der Waals surface area contributed by atoms with Gasteiger partial charge in [0.2, 0.25) is 0 Å². The topological polar surface area (TPSA) is 78.3 Å². The van der Waals surface area contributed by atoms with E-state index in [2.05, 4.69) is 10.4 Å². The number of hydrogen-bond donors (Lipinski definition) is 1. The van der Waals surface area contributed by atoms with E-state index in [1.54, 1.807) is 24.1 Å². The molecular weight excluding hydrogens is 356 g/mol. The maximum atomic E-state index is 12.8. The standard InChI is InChI=1S/C21H26N4O3/c1-14(2)28-10-6-9-22-21(26)17-12-19(15-7-5-8-16(11-15)27-4)24-20-18(17)13-23-25(20)3/h5,7-8,11-14H,6,9-10H2,1-4H3,(H,22,26). The zero-order chi connectivity index (χ0) is 20.1. The highest BCUT2D eigenvalue weighted by Crippen LogP contribution is 2.27. The van der Waals surface area contributed by atoms with Crippen molar-refractivity contribution in [1.82, 2.24) is 20.1 Å². The first-order valence-electron chi connectivity index (χ1n) is 9.36. The Morgan fingerprint density at radius 3 is 2.86 bits per heavy atom. The number of ether oxygens (including phenoxy) is 2. The van der Waals surface area contributed by atoms with Crippen molar-refractivity contribution in [2.24, 2.45) is 7.05 Å². The van der Waals surface area contributed by atoms with E-state index in [0.717, 1.165) is 23.1 Å². The van der Waals surface area contributed by atoms with Crippen molar-refractivity contribution in [2.75, 3.05) is 20.3 Å². The number of carbonyl (C=O) groups is 1. The van der Waals surface area contributed by atoms with Crippen molar-refractivity contribution < 1.29 is 14.3 Å². The second kappa shape index (κ2) is 8.84. The van der Waals surface area contributed by atoms with Gasteiger partial charge in [-0.1, -0.05) is 12.1 Å². The van der Waals surface area contributed by atoms with Crippen LogP contribution in [0.25, 0.3) is 22.3 Å². The van der Waals surface area contributed by atoms with Crippen LogP contribution in [0.15, 0.2) is 36.5 Å². The van der Waals surface area contributed by atoms with E-state index >= 15 is 0 Å². The van der Waals surface area contributed by atoms with Gasteiger partial charge < -0.3 is 14.8 Å². The molecule has 0 aliphatic rings. The molecule has 148 valence electrons. The first-order valence-corrected chi connectivity index (χ1v) is 9.36. The molecule has 2 heterocycles. The third-order valence-electron chi connectivity index (χ3n) is 4.37. The quantitative estimate of drug-likeness (QED) is 0.606. The molecule has 0 saturated carbocycles. The summed E-state index contributed by atoms with van der Waals surface area (Å²) in [6, 6.07) is 9.42. The lowest BCUT2D eigenvalue weighted by atomic mass is 10.1. The summed E-state index contributed by atoms with van der Waals surface area (Å²) in [5.41, 5.74) is 2.79. The van der Waals surface area contributed by atoms with Gasteiger partial charge in [0.15, 0.2) is 5.65 Å². The molecule has 2 aromatic heterocycles. The Hall–Kier alpha value is -2.93. The van der Waals surface area contributed by atoms with E-state index in [1.807, 2.05) is 45.2 Å². The van der Waals surface area contributed by atoms with Crippen LogP contribution >= 0.6 is 0 Å².